The Kier molecular flexibility index (Phi) is 4.15. The summed E-state index contributed by atoms with van der Waals surface area (Å²) in [6, 6.07) is 13.5. The van der Waals surface area contributed by atoms with E-state index in [0.29, 0.717) is 22.5 Å². The summed E-state index contributed by atoms with van der Waals surface area (Å²) in [5, 5.41) is 25.1. The van der Waals surface area contributed by atoms with Gasteiger partial charge in [-0.1, -0.05) is 18.2 Å². The molecule has 3 rings (SSSR count). The summed E-state index contributed by atoms with van der Waals surface area (Å²) >= 11 is 0. The number of hydrogen-bond acceptors (Lipinski definition) is 4. The zero-order chi connectivity index (χ0) is 17.3. The van der Waals surface area contributed by atoms with Crippen LogP contribution in [0.1, 0.15) is 39.9 Å². The third-order valence-corrected chi connectivity index (χ3v) is 4.15. The van der Waals surface area contributed by atoms with E-state index in [1.165, 1.54) is 0 Å². The molecule has 5 heteroatoms. The standard InChI is InChI=1S/C19H18N4O/c1-12-9-10-21-14(3)17(12)19(24)18-16(11-20)13(2)22-23(18)15-7-5-4-6-8-15/h4-10,19,24H,1-3H3. The van der Waals surface area contributed by atoms with Crippen molar-refractivity contribution >= 4 is 0 Å². The van der Waals surface area contributed by atoms with Crippen LogP contribution in [0.15, 0.2) is 42.6 Å². The summed E-state index contributed by atoms with van der Waals surface area (Å²) in [6.07, 6.45) is 0.737. The Morgan fingerprint density at radius 2 is 1.79 bits per heavy atom. The van der Waals surface area contributed by atoms with Crippen molar-refractivity contribution in [3.63, 3.8) is 0 Å². The van der Waals surface area contributed by atoms with E-state index in [2.05, 4.69) is 16.2 Å². The highest BCUT2D eigenvalue weighted by Crippen LogP contribution is 2.31. The van der Waals surface area contributed by atoms with Gasteiger partial charge in [0.15, 0.2) is 0 Å². The SMILES string of the molecule is Cc1ccnc(C)c1C(O)c1c(C#N)c(C)nn1-c1ccccc1. The van der Waals surface area contributed by atoms with Gasteiger partial charge in [-0.05, 0) is 44.5 Å². The molecule has 120 valence electrons. The van der Waals surface area contributed by atoms with Gasteiger partial charge in [0.25, 0.3) is 0 Å². The predicted molar refractivity (Wildman–Crippen MR) is 90.8 cm³/mol. The van der Waals surface area contributed by atoms with Crippen LogP contribution in [0.25, 0.3) is 5.69 Å². The first-order valence-corrected chi connectivity index (χ1v) is 7.69. The number of aromatic nitrogens is 3. The number of para-hydroxylation sites is 1. The minimum Gasteiger partial charge on any atom is -0.382 e. The molecule has 3 aromatic rings. The topological polar surface area (TPSA) is 74.7 Å². The first kappa shape index (κ1) is 15.9. The molecule has 24 heavy (non-hydrogen) atoms. The Hall–Kier alpha value is -2.97. The van der Waals surface area contributed by atoms with Crippen molar-refractivity contribution in [3.8, 4) is 11.8 Å². The van der Waals surface area contributed by atoms with Crippen molar-refractivity contribution in [2.24, 2.45) is 0 Å². The molecule has 5 nitrogen and oxygen atoms in total. The van der Waals surface area contributed by atoms with E-state index in [9.17, 15) is 10.4 Å². The van der Waals surface area contributed by atoms with E-state index in [-0.39, 0.29) is 0 Å². The van der Waals surface area contributed by atoms with Gasteiger partial charge in [-0.3, -0.25) is 4.98 Å². The Bertz CT molecular complexity index is 902. The molecule has 0 aliphatic rings. The van der Waals surface area contributed by atoms with Crippen LogP contribution in [-0.2, 0) is 0 Å². The average molecular weight is 318 g/mol. The van der Waals surface area contributed by atoms with E-state index in [0.717, 1.165) is 16.9 Å². The lowest BCUT2D eigenvalue weighted by molar-refractivity contribution is 0.209. The quantitative estimate of drug-likeness (QED) is 0.805. The maximum Gasteiger partial charge on any atom is 0.124 e. The number of nitriles is 1. The van der Waals surface area contributed by atoms with Crippen LogP contribution in [0.3, 0.4) is 0 Å². The lowest BCUT2D eigenvalue weighted by Crippen LogP contribution is -2.13. The first-order chi connectivity index (χ1) is 11.5. The Morgan fingerprint density at radius 3 is 2.42 bits per heavy atom. The average Bonchev–Trinajstić information content (AvgIpc) is 2.91. The highest BCUT2D eigenvalue weighted by atomic mass is 16.3. The summed E-state index contributed by atoms with van der Waals surface area (Å²) in [7, 11) is 0. The van der Waals surface area contributed by atoms with Gasteiger partial charge in [-0.15, -0.1) is 0 Å². The number of aliphatic hydroxyl groups excluding tert-OH is 1. The lowest BCUT2D eigenvalue weighted by atomic mass is 9.97. The van der Waals surface area contributed by atoms with Crippen LogP contribution in [0.4, 0.5) is 0 Å². The third kappa shape index (κ3) is 2.57. The van der Waals surface area contributed by atoms with Crippen molar-refractivity contribution in [3.05, 3.63) is 76.4 Å². The molecule has 2 aromatic heterocycles. The molecule has 0 spiro atoms. The van der Waals surface area contributed by atoms with Gasteiger partial charge in [-0.2, -0.15) is 10.4 Å². The summed E-state index contributed by atoms with van der Waals surface area (Å²) in [5.41, 5.74) is 4.65. The predicted octanol–water partition coefficient (Wildman–Crippen LogP) is 3.15. The van der Waals surface area contributed by atoms with Gasteiger partial charge in [0.05, 0.1) is 22.6 Å². The molecule has 1 atom stereocenters. The largest absolute Gasteiger partial charge is 0.382 e. The number of pyridine rings is 1. The molecule has 0 saturated heterocycles. The zero-order valence-electron chi connectivity index (χ0n) is 13.9. The number of hydrogen-bond donors (Lipinski definition) is 1. The van der Waals surface area contributed by atoms with E-state index in [1.54, 1.807) is 17.8 Å². The molecule has 2 heterocycles. The van der Waals surface area contributed by atoms with Crippen LogP contribution in [0.5, 0.6) is 0 Å². The van der Waals surface area contributed by atoms with Crippen LogP contribution in [0, 0.1) is 32.1 Å². The number of nitrogens with zero attached hydrogens (tertiary/aromatic N) is 4. The maximum absolute atomic E-state index is 11.1. The molecule has 0 aliphatic heterocycles. The molecule has 0 aliphatic carbocycles. The van der Waals surface area contributed by atoms with Gasteiger partial charge in [0.2, 0.25) is 0 Å². The van der Waals surface area contributed by atoms with Crippen molar-refractivity contribution in [1.82, 2.24) is 14.8 Å². The van der Waals surface area contributed by atoms with E-state index < -0.39 is 6.10 Å². The summed E-state index contributed by atoms with van der Waals surface area (Å²) in [5.74, 6) is 0. The van der Waals surface area contributed by atoms with E-state index >= 15 is 0 Å². The minimum absolute atomic E-state index is 0.397. The van der Waals surface area contributed by atoms with Gasteiger partial charge in [0.1, 0.15) is 12.2 Å². The van der Waals surface area contributed by atoms with Gasteiger partial charge < -0.3 is 5.11 Å². The van der Waals surface area contributed by atoms with Crippen molar-refractivity contribution < 1.29 is 5.11 Å². The molecular formula is C19H18N4O. The fourth-order valence-electron chi connectivity index (χ4n) is 2.96. The van der Waals surface area contributed by atoms with Crippen molar-refractivity contribution in [2.75, 3.05) is 0 Å². The highest BCUT2D eigenvalue weighted by molar-refractivity contribution is 5.48. The van der Waals surface area contributed by atoms with Crippen LogP contribution < -0.4 is 0 Å². The fraction of sp³-hybridized carbons (Fsp3) is 0.211. The smallest absolute Gasteiger partial charge is 0.124 e. The fourth-order valence-corrected chi connectivity index (χ4v) is 2.96. The summed E-state index contributed by atoms with van der Waals surface area (Å²) in [6.45, 7) is 5.56. The third-order valence-electron chi connectivity index (χ3n) is 4.15. The molecule has 1 N–H and O–H groups in total. The van der Waals surface area contributed by atoms with Crippen LogP contribution in [-0.4, -0.2) is 19.9 Å². The molecule has 0 bridgehead atoms. The molecular weight excluding hydrogens is 300 g/mol. The molecule has 1 aromatic carbocycles. The maximum atomic E-state index is 11.1. The zero-order valence-corrected chi connectivity index (χ0v) is 13.9. The number of aryl methyl sites for hydroxylation is 3. The Labute approximate surface area is 140 Å². The number of rotatable bonds is 3. The van der Waals surface area contributed by atoms with E-state index in [4.69, 9.17) is 0 Å². The minimum atomic E-state index is -0.977. The highest BCUT2D eigenvalue weighted by Gasteiger charge is 2.26. The monoisotopic (exact) mass is 318 g/mol. The number of aliphatic hydroxyl groups is 1. The molecule has 0 amide bonds. The Morgan fingerprint density at radius 1 is 1.08 bits per heavy atom. The lowest BCUT2D eigenvalue weighted by Gasteiger charge is -2.18. The Balaban J connectivity index is 2.26. The normalized spacial score (nSPS) is 12.0. The van der Waals surface area contributed by atoms with Crippen molar-refractivity contribution in [2.45, 2.75) is 26.9 Å². The second-order valence-corrected chi connectivity index (χ2v) is 5.73. The second-order valence-electron chi connectivity index (χ2n) is 5.73. The first-order valence-electron chi connectivity index (χ1n) is 7.69. The van der Waals surface area contributed by atoms with Crippen LogP contribution >= 0.6 is 0 Å². The molecule has 0 saturated carbocycles. The number of benzene rings is 1. The van der Waals surface area contributed by atoms with E-state index in [1.807, 2.05) is 50.2 Å². The van der Waals surface area contributed by atoms with Crippen molar-refractivity contribution in [1.29, 1.82) is 5.26 Å². The van der Waals surface area contributed by atoms with Gasteiger partial charge in [-0.25, -0.2) is 4.68 Å². The summed E-state index contributed by atoms with van der Waals surface area (Å²) < 4.78 is 1.64. The summed E-state index contributed by atoms with van der Waals surface area (Å²) in [4.78, 5) is 4.28. The van der Waals surface area contributed by atoms with Crippen LogP contribution in [0.2, 0.25) is 0 Å². The molecule has 1 unspecified atom stereocenters. The second kappa shape index (κ2) is 6.26. The van der Waals surface area contributed by atoms with Gasteiger partial charge >= 0.3 is 0 Å². The molecule has 0 fully saturated rings. The molecule has 0 radical (unpaired) electrons. The van der Waals surface area contributed by atoms with Gasteiger partial charge in [0, 0.05) is 17.5 Å².